The van der Waals surface area contributed by atoms with Crippen molar-refractivity contribution in [2.24, 2.45) is 5.92 Å². The van der Waals surface area contributed by atoms with E-state index in [9.17, 15) is 0 Å². The summed E-state index contributed by atoms with van der Waals surface area (Å²) in [6.07, 6.45) is 5.84. The molecule has 0 bridgehead atoms. The maximum atomic E-state index is 4.37. The van der Waals surface area contributed by atoms with Gasteiger partial charge < -0.3 is 0 Å². The molecular weight excluding hydrogens is 148 g/mol. The Morgan fingerprint density at radius 3 is 3.25 bits per heavy atom. The number of fused-ring (bicyclic) bond motifs is 1. The fourth-order valence-electron chi connectivity index (χ4n) is 2.04. The lowest BCUT2D eigenvalue weighted by Gasteiger charge is -2.18. The van der Waals surface area contributed by atoms with Crippen LogP contribution in [0.3, 0.4) is 0 Å². The third kappa shape index (κ3) is 1.15. The smallest absolute Gasteiger partial charge is 0.0524 e. The van der Waals surface area contributed by atoms with Crippen LogP contribution in [0.4, 0.5) is 0 Å². The second kappa shape index (κ2) is 2.92. The molecule has 1 aromatic heterocycles. The molecule has 0 saturated carbocycles. The number of rotatable bonds is 1. The van der Waals surface area contributed by atoms with E-state index in [1.165, 1.54) is 30.5 Å². The first kappa shape index (κ1) is 7.84. The van der Waals surface area contributed by atoms with Crippen molar-refractivity contribution in [3.05, 3.63) is 17.5 Å². The molecule has 0 fully saturated rings. The quantitative estimate of drug-likeness (QED) is 0.621. The van der Waals surface area contributed by atoms with Crippen molar-refractivity contribution in [1.82, 2.24) is 9.78 Å². The molecule has 0 aliphatic heterocycles. The molecule has 0 amide bonds. The van der Waals surface area contributed by atoms with E-state index in [0.717, 1.165) is 12.5 Å². The molecule has 1 atom stereocenters. The van der Waals surface area contributed by atoms with Crippen LogP contribution >= 0.6 is 0 Å². The van der Waals surface area contributed by atoms with Gasteiger partial charge >= 0.3 is 0 Å². The van der Waals surface area contributed by atoms with Gasteiger partial charge in [-0.15, -0.1) is 0 Å². The summed E-state index contributed by atoms with van der Waals surface area (Å²) in [5.74, 6) is 0.854. The first-order valence-corrected chi connectivity index (χ1v) is 4.84. The van der Waals surface area contributed by atoms with Crippen LogP contribution in [0.25, 0.3) is 0 Å². The summed E-state index contributed by atoms with van der Waals surface area (Å²) in [7, 11) is 0. The van der Waals surface area contributed by atoms with Crippen LogP contribution in [0.15, 0.2) is 6.20 Å². The van der Waals surface area contributed by atoms with Crippen molar-refractivity contribution >= 4 is 0 Å². The molecule has 66 valence electrons. The SMILES string of the molecule is CCn1ncc2c1CCC(C)C2. The summed E-state index contributed by atoms with van der Waals surface area (Å²) in [6, 6.07) is 0. The molecule has 2 rings (SSSR count). The largest absolute Gasteiger partial charge is 0.270 e. The molecule has 0 N–H and O–H groups in total. The third-order valence-electron chi connectivity index (χ3n) is 2.78. The molecule has 0 radical (unpaired) electrons. The van der Waals surface area contributed by atoms with Crippen molar-refractivity contribution in [2.75, 3.05) is 0 Å². The molecule has 1 aliphatic carbocycles. The Morgan fingerprint density at radius 2 is 2.50 bits per heavy atom. The van der Waals surface area contributed by atoms with Gasteiger partial charge in [0.15, 0.2) is 0 Å². The Labute approximate surface area is 73.6 Å². The Kier molecular flexibility index (Phi) is 1.91. The lowest BCUT2D eigenvalue weighted by Crippen LogP contribution is -2.13. The molecule has 1 unspecified atom stereocenters. The predicted octanol–water partition coefficient (Wildman–Crippen LogP) is 2.03. The fraction of sp³-hybridized carbons (Fsp3) is 0.700. The van der Waals surface area contributed by atoms with Gasteiger partial charge in [-0.05, 0) is 37.7 Å². The van der Waals surface area contributed by atoms with Crippen molar-refractivity contribution < 1.29 is 0 Å². The van der Waals surface area contributed by atoms with Gasteiger partial charge in [-0.25, -0.2) is 0 Å². The highest BCUT2D eigenvalue weighted by Gasteiger charge is 2.18. The minimum absolute atomic E-state index is 0.854. The zero-order valence-electron chi connectivity index (χ0n) is 7.88. The van der Waals surface area contributed by atoms with Crippen LogP contribution in [-0.4, -0.2) is 9.78 Å². The average molecular weight is 164 g/mol. The number of hydrogen-bond donors (Lipinski definition) is 0. The summed E-state index contributed by atoms with van der Waals surface area (Å²) in [5.41, 5.74) is 2.96. The highest BCUT2D eigenvalue weighted by molar-refractivity contribution is 5.21. The lowest BCUT2D eigenvalue weighted by molar-refractivity contribution is 0.479. The monoisotopic (exact) mass is 164 g/mol. The van der Waals surface area contributed by atoms with Crippen LogP contribution in [0.5, 0.6) is 0 Å². The summed E-state index contributed by atoms with van der Waals surface area (Å²) in [6.45, 7) is 5.50. The number of aromatic nitrogens is 2. The van der Waals surface area contributed by atoms with Crippen LogP contribution < -0.4 is 0 Å². The molecule has 1 aliphatic rings. The summed E-state index contributed by atoms with van der Waals surface area (Å²) in [4.78, 5) is 0. The van der Waals surface area contributed by atoms with Gasteiger partial charge in [-0.2, -0.15) is 5.10 Å². The van der Waals surface area contributed by atoms with Crippen LogP contribution in [0, 0.1) is 5.92 Å². The number of aryl methyl sites for hydroxylation is 1. The van der Waals surface area contributed by atoms with Crippen molar-refractivity contribution in [3.8, 4) is 0 Å². The van der Waals surface area contributed by atoms with Gasteiger partial charge in [0.25, 0.3) is 0 Å². The molecule has 12 heavy (non-hydrogen) atoms. The Bertz CT molecular complexity index is 275. The predicted molar refractivity (Wildman–Crippen MR) is 49.1 cm³/mol. The standard InChI is InChI=1S/C10H16N2/c1-3-12-10-5-4-8(2)6-9(10)7-11-12/h7-8H,3-6H2,1-2H3. The second-order valence-electron chi connectivity index (χ2n) is 3.78. The Balaban J connectivity index is 2.32. The molecule has 2 heteroatoms. The average Bonchev–Trinajstić information content (AvgIpc) is 2.46. The van der Waals surface area contributed by atoms with Crippen LogP contribution in [0.2, 0.25) is 0 Å². The van der Waals surface area contributed by atoms with E-state index in [4.69, 9.17) is 0 Å². The van der Waals surface area contributed by atoms with Gasteiger partial charge in [0.1, 0.15) is 0 Å². The van der Waals surface area contributed by atoms with Crippen molar-refractivity contribution in [3.63, 3.8) is 0 Å². The van der Waals surface area contributed by atoms with E-state index >= 15 is 0 Å². The zero-order chi connectivity index (χ0) is 8.55. The molecule has 0 saturated heterocycles. The highest BCUT2D eigenvalue weighted by atomic mass is 15.3. The molecular formula is C10H16N2. The fourth-order valence-corrected chi connectivity index (χ4v) is 2.04. The Morgan fingerprint density at radius 1 is 1.67 bits per heavy atom. The minimum atomic E-state index is 0.854. The molecule has 0 aromatic carbocycles. The van der Waals surface area contributed by atoms with E-state index in [0.29, 0.717) is 0 Å². The van der Waals surface area contributed by atoms with E-state index in [-0.39, 0.29) is 0 Å². The topological polar surface area (TPSA) is 17.8 Å². The van der Waals surface area contributed by atoms with E-state index in [1.54, 1.807) is 0 Å². The van der Waals surface area contributed by atoms with E-state index < -0.39 is 0 Å². The maximum absolute atomic E-state index is 4.37. The van der Waals surface area contributed by atoms with Gasteiger partial charge in [0, 0.05) is 12.2 Å². The van der Waals surface area contributed by atoms with Gasteiger partial charge in [0.2, 0.25) is 0 Å². The summed E-state index contributed by atoms with van der Waals surface area (Å²) in [5, 5.41) is 4.37. The summed E-state index contributed by atoms with van der Waals surface area (Å²) < 4.78 is 2.14. The van der Waals surface area contributed by atoms with Crippen LogP contribution in [0.1, 0.15) is 31.5 Å². The van der Waals surface area contributed by atoms with E-state index in [1.807, 2.05) is 0 Å². The first-order chi connectivity index (χ1) is 5.81. The normalized spacial score (nSPS) is 22.3. The van der Waals surface area contributed by atoms with Gasteiger partial charge in [-0.1, -0.05) is 6.92 Å². The minimum Gasteiger partial charge on any atom is -0.270 e. The van der Waals surface area contributed by atoms with E-state index in [2.05, 4.69) is 29.8 Å². The highest BCUT2D eigenvalue weighted by Crippen LogP contribution is 2.24. The number of nitrogens with zero attached hydrogens (tertiary/aromatic N) is 2. The van der Waals surface area contributed by atoms with Crippen LogP contribution in [-0.2, 0) is 19.4 Å². The number of hydrogen-bond acceptors (Lipinski definition) is 1. The molecule has 1 aromatic rings. The zero-order valence-corrected chi connectivity index (χ0v) is 7.88. The van der Waals surface area contributed by atoms with Gasteiger partial charge in [-0.3, -0.25) is 4.68 Å². The molecule has 2 nitrogen and oxygen atoms in total. The first-order valence-electron chi connectivity index (χ1n) is 4.84. The Hall–Kier alpha value is -0.790. The third-order valence-corrected chi connectivity index (χ3v) is 2.78. The maximum Gasteiger partial charge on any atom is 0.0524 e. The van der Waals surface area contributed by atoms with Gasteiger partial charge in [0.05, 0.1) is 6.20 Å². The van der Waals surface area contributed by atoms with Crippen molar-refractivity contribution in [1.29, 1.82) is 0 Å². The summed E-state index contributed by atoms with van der Waals surface area (Å²) >= 11 is 0. The van der Waals surface area contributed by atoms with Crippen molar-refractivity contribution in [2.45, 2.75) is 39.7 Å². The molecule has 1 heterocycles. The molecule has 0 spiro atoms. The lowest BCUT2D eigenvalue weighted by atomic mass is 9.89. The second-order valence-corrected chi connectivity index (χ2v) is 3.78.